The van der Waals surface area contributed by atoms with Crippen molar-refractivity contribution in [2.75, 3.05) is 13.3 Å². The van der Waals surface area contributed by atoms with Gasteiger partial charge in [0.1, 0.15) is 5.76 Å². The number of nitrogens with zero attached hydrogens (tertiary/aromatic N) is 3. The van der Waals surface area contributed by atoms with Gasteiger partial charge in [-0.3, -0.25) is 9.59 Å². The Morgan fingerprint density at radius 2 is 1.81 bits per heavy atom. The number of likely N-dealkylation sites (tertiary alicyclic amines) is 1. The Kier molecular flexibility index (Phi) is 6.04. The molecule has 1 unspecified atom stereocenters. The number of carbonyl (C=O) groups excluding carboxylic acids is 2. The monoisotopic (exact) mass is 487 g/mol. The molecule has 2 aliphatic rings. The number of carbonyl (C=O) groups is 2. The van der Waals surface area contributed by atoms with E-state index in [2.05, 4.69) is 25.8 Å². The Labute approximate surface area is 209 Å². The highest BCUT2D eigenvalue weighted by Gasteiger charge is 2.46. The number of hydrogen-bond acceptors (Lipinski definition) is 6. The first-order valence-electron chi connectivity index (χ1n) is 12.0. The van der Waals surface area contributed by atoms with E-state index in [0.717, 1.165) is 11.1 Å². The van der Waals surface area contributed by atoms with Crippen molar-refractivity contribution >= 4 is 17.4 Å². The first-order chi connectivity index (χ1) is 17.2. The first-order valence-corrected chi connectivity index (χ1v) is 12.0. The summed E-state index contributed by atoms with van der Waals surface area (Å²) in [4.78, 5) is 32.1. The zero-order valence-electron chi connectivity index (χ0n) is 20.6. The summed E-state index contributed by atoms with van der Waals surface area (Å²) in [7, 11) is 0. The molecule has 3 heterocycles. The summed E-state index contributed by atoms with van der Waals surface area (Å²) in [6.45, 7) is 7.49. The molecule has 1 atom stereocenters. The molecule has 1 fully saturated rings. The second kappa shape index (κ2) is 9.18. The van der Waals surface area contributed by atoms with E-state index in [9.17, 15) is 14.7 Å². The van der Waals surface area contributed by atoms with Gasteiger partial charge in [-0.25, -0.2) is 4.98 Å². The van der Waals surface area contributed by atoms with Gasteiger partial charge in [0.25, 0.3) is 11.7 Å². The standard InChI is InChI=1S/C28H29N3O5/c1-28(2,3)20-8-5-18(6-9-20)24-23(25(32)19-7-10-21-22(15-19)36-17-35-21)26(33)27(34)31(24)13-4-12-30-14-11-29-16-30/h5-11,14-16,24,32H,4,12-13,17H2,1-3H3/b25-23+. The number of amides is 1. The van der Waals surface area contributed by atoms with Gasteiger partial charge in [0, 0.05) is 31.0 Å². The maximum atomic E-state index is 13.3. The normalized spacial score (nSPS) is 18.8. The van der Waals surface area contributed by atoms with Crippen LogP contribution in [0.4, 0.5) is 0 Å². The Morgan fingerprint density at radius 3 is 2.50 bits per heavy atom. The van der Waals surface area contributed by atoms with Gasteiger partial charge in [0.15, 0.2) is 11.5 Å². The number of rotatable bonds is 6. The van der Waals surface area contributed by atoms with Crippen molar-refractivity contribution in [1.82, 2.24) is 14.5 Å². The summed E-state index contributed by atoms with van der Waals surface area (Å²) in [5.74, 6) is -0.486. The van der Waals surface area contributed by atoms with E-state index in [1.807, 2.05) is 35.0 Å². The highest BCUT2D eigenvalue weighted by Crippen LogP contribution is 2.42. The lowest BCUT2D eigenvalue weighted by atomic mass is 9.85. The molecule has 3 aromatic rings. The molecule has 0 aliphatic carbocycles. The van der Waals surface area contributed by atoms with E-state index in [4.69, 9.17) is 9.47 Å². The van der Waals surface area contributed by atoms with Crippen LogP contribution < -0.4 is 9.47 Å². The number of ketones is 1. The number of fused-ring (bicyclic) bond motifs is 1. The van der Waals surface area contributed by atoms with Crippen molar-refractivity contribution in [1.29, 1.82) is 0 Å². The van der Waals surface area contributed by atoms with E-state index in [-0.39, 0.29) is 23.5 Å². The summed E-state index contributed by atoms with van der Waals surface area (Å²) in [6, 6.07) is 12.2. The largest absolute Gasteiger partial charge is 0.507 e. The molecule has 8 heteroatoms. The van der Waals surface area contributed by atoms with Crippen LogP contribution in [0.15, 0.2) is 66.8 Å². The first kappa shape index (κ1) is 23.7. The molecule has 1 aromatic heterocycles. The van der Waals surface area contributed by atoms with Gasteiger partial charge in [0.2, 0.25) is 6.79 Å². The number of aromatic nitrogens is 2. The molecule has 5 rings (SSSR count). The number of ether oxygens (including phenoxy) is 2. The molecule has 1 saturated heterocycles. The fourth-order valence-corrected chi connectivity index (χ4v) is 4.66. The minimum Gasteiger partial charge on any atom is -0.507 e. The third kappa shape index (κ3) is 4.34. The van der Waals surface area contributed by atoms with Gasteiger partial charge in [0.05, 0.1) is 17.9 Å². The Bertz CT molecular complexity index is 1320. The minimum atomic E-state index is -0.702. The molecule has 0 spiro atoms. The number of aryl methyl sites for hydroxylation is 1. The second-order valence-corrected chi connectivity index (χ2v) is 10.1. The summed E-state index contributed by atoms with van der Waals surface area (Å²) >= 11 is 0. The topological polar surface area (TPSA) is 93.9 Å². The maximum Gasteiger partial charge on any atom is 0.295 e. The quantitative estimate of drug-likeness (QED) is 0.314. The third-order valence-electron chi connectivity index (χ3n) is 6.65. The summed E-state index contributed by atoms with van der Waals surface area (Å²) in [5, 5.41) is 11.3. The zero-order chi connectivity index (χ0) is 25.4. The SMILES string of the molecule is CC(C)(C)c1ccc(C2/C(=C(\O)c3ccc4c(c3)OCO4)C(=O)C(=O)N2CCCn2ccnc2)cc1. The van der Waals surface area contributed by atoms with Crippen molar-refractivity contribution in [2.24, 2.45) is 0 Å². The van der Waals surface area contributed by atoms with Crippen LogP contribution in [0, 0.1) is 0 Å². The molecule has 8 nitrogen and oxygen atoms in total. The Hall–Kier alpha value is -4.07. The van der Waals surface area contributed by atoms with Crippen molar-refractivity contribution in [3.8, 4) is 11.5 Å². The molecule has 0 radical (unpaired) electrons. The molecular weight excluding hydrogens is 458 g/mol. The number of aliphatic hydroxyl groups is 1. The van der Waals surface area contributed by atoms with Gasteiger partial charge in [-0.15, -0.1) is 0 Å². The summed E-state index contributed by atoms with van der Waals surface area (Å²) in [6.07, 6.45) is 5.91. The van der Waals surface area contributed by atoms with E-state index < -0.39 is 17.7 Å². The van der Waals surface area contributed by atoms with E-state index >= 15 is 0 Å². The Balaban J connectivity index is 1.54. The van der Waals surface area contributed by atoms with Gasteiger partial charge in [-0.1, -0.05) is 45.0 Å². The van der Waals surface area contributed by atoms with Crippen LogP contribution in [0.5, 0.6) is 11.5 Å². The predicted octanol–water partition coefficient (Wildman–Crippen LogP) is 4.42. The van der Waals surface area contributed by atoms with Crippen LogP contribution >= 0.6 is 0 Å². The van der Waals surface area contributed by atoms with E-state index in [1.54, 1.807) is 35.6 Å². The third-order valence-corrected chi connectivity index (χ3v) is 6.65. The van der Waals surface area contributed by atoms with Crippen molar-refractivity contribution < 1.29 is 24.2 Å². The van der Waals surface area contributed by atoms with Crippen LogP contribution in [0.3, 0.4) is 0 Å². The molecular formula is C28H29N3O5. The molecule has 0 saturated carbocycles. The smallest absolute Gasteiger partial charge is 0.295 e. The predicted molar refractivity (Wildman–Crippen MR) is 134 cm³/mol. The van der Waals surface area contributed by atoms with Crippen LogP contribution in [-0.2, 0) is 21.5 Å². The number of aliphatic hydroxyl groups excluding tert-OH is 1. The zero-order valence-corrected chi connectivity index (χ0v) is 20.6. The average Bonchev–Trinajstić information content (AvgIpc) is 3.60. The highest BCUT2D eigenvalue weighted by molar-refractivity contribution is 6.46. The fourth-order valence-electron chi connectivity index (χ4n) is 4.66. The molecule has 36 heavy (non-hydrogen) atoms. The number of benzene rings is 2. The van der Waals surface area contributed by atoms with E-state index in [1.165, 1.54) is 0 Å². The van der Waals surface area contributed by atoms with Crippen LogP contribution in [0.25, 0.3) is 5.76 Å². The van der Waals surface area contributed by atoms with Crippen molar-refractivity contribution in [3.05, 3.63) is 83.4 Å². The lowest BCUT2D eigenvalue weighted by Crippen LogP contribution is -2.31. The number of Topliss-reactive ketones (excluding diaryl/α,β-unsaturated/α-hetero) is 1. The summed E-state index contributed by atoms with van der Waals surface area (Å²) < 4.78 is 12.7. The van der Waals surface area contributed by atoms with Gasteiger partial charge < -0.3 is 24.0 Å². The van der Waals surface area contributed by atoms with Gasteiger partial charge >= 0.3 is 0 Å². The molecule has 186 valence electrons. The molecule has 0 bridgehead atoms. The second-order valence-electron chi connectivity index (χ2n) is 10.1. The fraction of sp³-hybridized carbons (Fsp3) is 0.321. The van der Waals surface area contributed by atoms with Gasteiger partial charge in [-0.2, -0.15) is 0 Å². The van der Waals surface area contributed by atoms with Crippen LogP contribution in [0.1, 0.15) is 49.9 Å². The van der Waals surface area contributed by atoms with Crippen LogP contribution in [0.2, 0.25) is 0 Å². The highest BCUT2D eigenvalue weighted by atomic mass is 16.7. The van der Waals surface area contributed by atoms with E-state index in [0.29, 0.717) is 36.6 Å². The molecule has 1 amide bonds. The Morgan fingerprint density at radius 1 is 1.06 bits per heavy atom. The summed E-state index contributed by atoms with van der Waals surface area (Å²) in [5.41, 5.74) is 2.33. The lowest BCUT2D eigenvalue weighted by Gasteiger charge is -2.26. The molecule has 2 aliphatic heterocycles. The van der Waals surface area contributed by atoms with Gasteiger partial charge in [-0.05, 0) is 41.2 Å². The molecule has 1 N–H and O–H groups in total. The number of hydrogen-bond donors (Lipinski definition) is 1. The number of imidazole rings is 1. The van der Waals surface area contributed by atoms with Crippen LogP contribution in [-0.4, -0.2) is 44.6 Å². The average molecular weight is 488 g/mol. The maximum absolute atomic E-state index is 13.3. The van der Waals surface area contributed by atoms with Crippen molar-refractivity contribution in [2.45, 2.75) is 45.2 Å². The van der Waals surface area contributed by atoms with Crippen molar-refractivity contribution in [3.63, 3.8) is 0 Å². The minimum absolute atomic E-state index is 0.0440. The molecule has 2 aromatic carbocycles. The lowest BCUT2D eigenvalue weighted by molar-refractivity contribution is -0.139.